The Bertz CT molecular complexity index is 1470. The van der Waals surface area contributed by atoms with Gasteiger partial charge in [-0.15, -0.1) is 5.23 Å². The number of ether oxygens (including phenoxy) is 1. The number of benzene rings is 3. The minimum atomic E-state index is -1.04. The number of rotatable bonds is 2. The Morgan fingerprint density at radius 1 is 0.970 bits per heavy atom. The molecule has 0 atom stereocenters. The zero-order chi connectivity index (χ0) is 24.2. The Balaban J connectivity index is 2.31. The number of fused-ring (bicyclic) bond motifs is 2. The molecule has 1 aliphatic rings. The lowest BCUT2D eigenvalue weighted by Crippen LogP contribution is -2.30. The van der Waals surface area contributed by atoms with E-state index in [9.17, 15) is 41.0 Å². The van der Waals surface area contributed by atoms with E-state index in [4.69, 9.17) is 4.74 Å². The molecule has 0 saturated heterocycles. The number of nitro groups is 1. The summed E-state index contributed by atoms with van der Waals surface area (Å²) in [6.45, 7) is 0. The van der Waals surface area contributed by atoms with Gasteiger partial charge < -0.3 is 25.2 Å². The Hall–Kier alpha value is -3.52. The van der Waals surface area contributed by atoms with Crippen LogP contribution >= 0.6 is 31.9 Å². The molecular formula is C20H12Br2N2O9. The van der Waals surface area contributed by atoms with E-state index in [1.165, 1.54) is 18.2 Å². The molecule has 1 aliphatic heterocycles. The molecule has 0 aliphatic carbocycles. The highest BCUT2D eigenvalue weighted by atomic mass is 79.9. The maximum Gasteiger partial charge on any atom is 0.312 e. The van der Waals surface area contributed by atoms with Crippen LogP contribution in [-0.4, -0.2) is 35.8 Å². The number of aliphatic hydroxyl groups excluding tert-OH is 1. The van der Waals surface area contributed by atoms with E-state index in [0.717, 1.165) is 12.1 Å². The molecule has 0 spiro atoms. The van der Waals surface area contributed by atoms with Gasteiger partial charge in [0.2, 0.25) is 5.75 Å². The number of anilines is 1. The maximum atomic E-state index is 11.5. The lowest BCUT2D eigenvalue weighted by Gasteiger charge is -2.27. The molecule has 11 nitrogen and oxygen atoms in total. The zero-order valence-electron chi connectivity index (χ0n) is 16.0. The molecule has 170 valence electrons. The van der Waals surface area contributed by atoms with E-state index in [1.54, 1.807) is 6.07 Å². The SMILES string of the molecule is O=[N+]([O-])c1cc2c(c(Br)c1O)Oc1c(cc(N(O)O)c(O)c1Br)C2=c1ccccc1=C(O)O. The Morgan fingerprint density at radius 2 is 1.55 bits per heavy atom. The normalized spacial score (nSPS) is 13.6. The second-order valence-corrected chi connectivity index (χ2v) is 8.35. The molecule has 1 heterocycles. The first-order valence-corrected chi connectivity index (χ1v) is 10.5. The minimum absolute atomic E-state index is 0.0400. The van der Waals surface area contributed by atoms with E-state index in [1.807, 2.05) is 0 Å². The van der Waals surface area contributed by atoms with E-state index in [-0.39, 0.29) is 52.8 Å². The van der Waals surface area contributed by atoms with Crippen molar-refractivity contribution in [2.45, 2.75) is 0 Å². The molecular weight excluding hydrogens is 572 g/mol. The first-order chi connectivity index (χ1) is 15.5. The molecule has 3 aromatic carbocycles. The van der Waals surface area contributed by atoms with Crippen LogP contribution in [0.1, 0.15) is 11.1 Å². The van der Waals surface area contributed by atoms with Crippen molar-refractivity contribution in [3.63, 3.8) is 0 Å². The second-order valence-electron chi connectivity index (χ2n) is 6.76. The average Bonchev–Trinajstić information content (AvgIpc) is 2.77. The number of phenols is 2. The van der Waals surface area contributed by atoms with Gasteiger partial charge in [-0.2, -0.15) is 0 Å². The van der Waals surface area contributed by atoms with Gasteiger partial charge in [0.25, 0.3) is 5.95 Å². The smallest absolute Gasteiger partial charge is 0.312 e. The van der Waals surface area contributed by atoms with Gasteiger partial charge in [0.05, 0.1) is 10.1 Å². The van der Waals surface area contributed by atoms with Crippen molar-refractivity contribution in [3.8, 4) is 23.0 Å². The first-order valence-electron chi connectivity index (χ1n) is 8.88. The maximum absolute atomic E-state index is 11.5. The van der Waals surface area contributed by atoms with E-state index in [0.29, 0.717) is 0 Å². The van der Waals surface area contributed by atoms with Crippen molar-refractivity contribution < 1.29 is 40.5 Å². The highest BCUT2D eigenvalue weighted by Gasteiger charge is 2.34. The largest absolute Gasteiger partial charge is 0.504 e. The lowest BCUT2D eigenvalue weighted by atomic mass is 9.90. The van der Waals surface area contributed by atoms with Gasteiger partial charge in [0, 0.05) is 22.8 Å². The molecule has 0 radical (unpaired) electrons. The number of aliphatic hydroxyl groups is 2. The molecule has 6 N–H and O–H groups in total. The third kappa shape index (κ3) is 3.51. The second kappa shape index (κ2) is 8.12. The summed E-state index contributed by atoms with van der Waals surface area (Å²) in [6, 6.07) is 8.16. The third-order valence-electron chi connectivity index (χ3n) is 4.94. The summed E-state index contributed by atoms with van der Waals surface area (Å²) in [5.74, 6) is -2.45. The van der Waals surface area contributed by atoms with Gasteiger partial charge >= 0.3 is 5.69 Å². The molecule has 0 fully saturated rings. The van der Waals surface area contributed by atoms with Crippen LogP contribution in [-0.2, 0) is 0 Å². The van der Waals surface area contributed by atoms with Crippen LogP contribution in [0.2, 0.25) is 0 Å². The standard InChI is InChI=1S/C20H12Br2N2O9/c21-14-16(25)11(23(29)30)5-9-13(7-3-1-2-4-8(7)20(27)28)10-6-12(24(31)32)17(26)15(22)19(10)33-18(9)14/h1-6,25-30H. The highest BCUT2D eigenvalue weighted by Crippen LogP contribution is 2.56. The number of nitro benzene ring substituents is 1. The van der Waals surface area contributed by atoms with Crippen LogP contribution in [0.5, 0.6) is 23.0 Å². The number of halogens is 2. The molecule has 33 heavy (non-hydrogen) atoms. The van der Waals surface area contributed by atoms with Gasteiger partial charge in [-0.3, -0.25) is 20.5 Å². The fourth-order valence-corrected chi connectivity index (χ4v) is 4.51. The van der Waals surface area contributed by atoms with E-state index >= 15 is 0 Å². The highest BCUT2D eigenvalue weighted by molar-refractivity contribution is 9.11. The Morgan fingerprint density at radius 3 is 2.12 bits per heavy atom. The quantitative estimate of drug-likeness (QED) is 0.151. The van der Waals surface area contributed by atoms with E-state index < -0.39 is 33.7 Å². The van der Waals surface area contributed by atoms with Crippen molar-refractivity contribution in [1.29, 1.82) is 0 Å². The first kappa shape index (κ1) is 22.7. The number of phenolic OH excluding ortho intramolecular Hbond substituents is 2. The van der Waals surface area contributed by atoms with Crippen LogP contribution in [0.15, 0.2) is 45.3 Å². The number of aromatic hydroxyl groups is 2. The van der Waals surface area contributed by atoms with Crippen molar-refractivity contribution in [2.75, 3.05) is 5.23 Å². The third-order valence-corrected chi connectivity index (χ3v) is 6.41. The van der Waals surface area contributed by atoms with Gasteiger partial charge in [0.15, 0.2) is 17.2 Å². The van der Waals surface area contributed by atoms with Gasteiger partial charge in [0.1, 0.15) is 14.6 Å². The van der Waals surface area contributed by atoms with Crippen LogP contribution < -0.4 is 20.4 Å². The molecule has 0 amide bonds. The topological polar surface area (TPSA) is 177 Å². The number of hydrogen-bond donors (Lipinski definition) is 6. The lowest BCUT2D eigenvalue weighted by molar-refractivity contribution is -0.386. The molecule has 4 rings (SSSR count). The fourth-order valence-electron chi connectivity index (χ4n) is 3.51. The zero-order valence-corrected chi connectivity index (χ0v) is 19.2. The van der Waals surface area contributed by atoms with Gasteiger partial charge in [-0.1, -0.05) is 18.2 Å². The fraction of sp³-hybridized carbons (Fsp3) is 0. The van der Waals surface area contributed by atoms with Crippen LogP contribution in [0, 0.1) is 10.1 Å². The molecule has 0 unspecified atom stereocenters. The summed E-state index contributed by atoms with van der Waals surface area (Å²) in [7, 11) is 0. The average molecular weight is 584 g/mol. The molecule has 0 aromatic heterocycles. The molecule has 0 bridgehead atoms. The number of hydrogen-bond acceptors (Lipinski definition) is 10. The molecule has 13 heteroatoms. The molecule has 0 saturated carbocycles. The summed E-state index contributed by atoms with van der Waals surface area (Å²) < 4.78 is 5.58. The summed E-state index contributed by atoms with van der Waals surface area (Å²) in [4.78, 5) is 10.7. The van der Waals surface area contributed by atoms with Crippen LogP contribution in [0.3, 0.4) is 0 Å². The predicted molar refractivity (Wildman–Crippen MR) is 120 cm³/mol. The van der Waals surface area contributed by atoms with Crippen molar-refractivity contribution in [1.82, 2.24) is 0 Å². The summed E-state index contributed by atoms with van der Waals surface area (Å²) in [5.41, 5.74) is -0.805. The monoisotopic (exact) mass is 582 g/mol. The molecule has 3 aromatic rings. The van der Waals surface area contributed by atoms with Gasteiger partial charge in [-0.25, -0.2) is 0 Å². The Labute approximate surface area is 200 Å². The van der Waals surface area contributed by atoms with Crippen molar-refractivity contribution >= 4 is 54.8 Å². The minimum Gasteiger partial charge on any atom is -0.504 e. The predicted octanol–water partition coefficient (Wildman–Crippen LogP) is 3.65. The van der Waals surface area contributed by atoms with Crippen LogP contribution in [0.25, 0.3) is 11.5 Å². The number of nitrogens with zero attached hydrogens (tertiary/aromatic N) is 2. The summed E-state index contributed by atoms with van der Waals surface area (Å²) >= 11 is 6.24. The Kier molecular flexibility index (Phi) is 5.57. The van der Waals surface area contributed by atoms with Crippen LogP contribution in [0.4, 0.5) is 11.4 Å². The van der Waals surface area contributed by atoms with Crippen molar-refractivity contribution in [2.24, 2.45) is 0 Å². The van der Waals surface area contributed by atoms with Gasteiger partial charge in [-0.05, 0) is 49.2 Å². The summed E-state index contributed by atoms with van der Waals surface area (Å²) in [5, 5.41) is 70.9. The van der Waals surface area contributed by atoms with Crippen molar-refractivity contribution in [3.05, 3.63) is 77.0 Å². The summed E-state index contributed by atoms with van der Waals surface area (Å²) in [6.07, 6.45) is 0. The van der Waals surface area contributed by atoms with E-state index in [2.05, 4.69) is 31.9 Å².